The summed E-state index contributed by atoms with van der Waals surface area (Å²) in [4.78, 5) is 0. The molecule has 0 bridgehead atoms. The summed E-state index contributed by atoms with van der Waals surface area (Å²) in [6.45, 7) is 10.2. The maximum atomic E-state index is 2.76. The minimum atomic E-state index is 0.706. The van der Waals surface area contributed by atoms with E-state index < -0.39 is 0 Å². The Morgan fingerprint density at radius 3 is 2.24 bits per heavy atom. The molecular weight excluding hydrogens is 347 g/mol. The second kappa shape index (κ2) is 9.28. The molecule has 4 aliphatic rings. The van der Waals surface area contributed by atoms with Crippen molar-refractivity contribution in [3.8, 4) is 0 Å². The van der Waals surface area contributed by atoms with E-state index in [-0.39, 0.29) is 0 Å². The van der Waals surface area contributed by atoms with Crippen molar-refractivity contribution in [1.82, 2.24) is 0 Å². The first kappa shape index (κ1) is 22.3. The Kier molecular flexibility index (Phi) is 7.13. The van der Waals surface area contributed by atoms with Gasteiger partial charge in [0.2, 0.25) is 0 Å². The van der Waals surface area contributed by atoms with Crippen LogP contribution in [0, 0.1) is 52.8 Å². The summed E-state index contributed by atoms with van der Waals surface area (Å²) in [7, 11) is 2.66. The van der Waals surface area contributed by atoms with Gasteiger partial charge in [0.05, 0.1) is 0 Å². The van der Waals surface area contributed by atoms with Crippen LogP contribution in [-0.2, 0) is 0 Å². The lowest BCUT2D eigenvalue weighted by Gasteiger charge is -2.55. The van der Waals surface area contributed by atoms with Crippen LogP contribution in [0.25, 0.3) is 0 Å². The zero-order valence-electron chi connectivity index (χ0n) is 20.6. The van der Waals surface area contributed by atoms with Crippen molar-refractivity contribution < 1.29 is 0 Å². The SMILES string of the molecule is BC1CCCC2C1C1CCCCC1C2(C(C)CCC(C)CC)C1CCC(C)CC1. The van der Waals surface area contributed by atoms with Gasteiger partial charge in [-0.3, -0.25) is 0 Å². The van der Waals surface area contributed by atoms with Gasteiger partial charge in [0.1, 0.15) is 7.85 Å². The Morgan fingerprint density at radius 1 is 0.828 bits per heavy atom. The number of rotatable bonds is 6. The van der Waals surface area contributed by atoms with E-state index in [0.29, 0.717) is 5.41 Å². The van der Waals surface area contributed by atoms with Gasteiger partial charge in [-0.1, -0.05) is 84.9 Å². The summed E-state index contributed by atoms with van der Waals surface area (Å²) >= 11 is 0. The van der Waals surface area contributed by atoms with Gasteiger partial charge in [-0.05, 0) is 91.3 Å². The molecule has 0 amide bonds. The molecule has 0 saturated heterocycles. The van der Waals surface area contributed by atoms with Crippen molar-refractivity contribution >= 4 is 7.85 Å². The molecule has 0 aromatic carbocycles. The lowest BCUT2D eigenvalue weighted by molar-refractivity contribution is -0.0636. The fourth-order valence-corrected chi connectivity index (χ4v) is 9.75. The van der Waals surface area contributed by atoms with E-state index in [2.05, 4.69) is 35.5 Å². The van der Waals surface area contributed by atoms with Gasteiger partial charge in [0, 0.05) is 0 Å². The van der Waals surface area contributed by atoms with Crippen molar-refractivity contribution in [3.63, 3.8) is 0 Å². The summed E-state index contributed by atoms with van der Waals surface area (Å²) in [5.74, 6) is 9.26. The van der Waals surface area contributed by atoms with Crippen LogP contribution in [0.4, 0.5) is 0 Å². The van der Waals surface area contributed by atoms with Crippen LogP contribution >= 0.6 is 0 Å². The second-order valence-electron chi connectivity index (χ2n) is 12.6. The largest absolute Gasteiger partial charge is 0.105 e. The molecule has 0 nitrogen and oxygen atoms in total. The highest BCUT2D eigenvalue weighted by Crippen LogP contribution is 2.72. The van der Waals surface area contributed by atoms with Gasteiger partial charge in [0.15, 0.2) is 0 Å². The fraction of sp³-hybridized carbons (Fsp3) is 1.00. The molecule has 4 fully saturated rings. The van der Waals surface area contributed by atoms with E-state index >= 15 is 0 Å². The first-order chi connectivity index (χ1) is 14.0. The Bertz CT molecular complexity index is 520. The molecule has 0 radical (unpaired) electrons. The third-order valence-corrected chi connectivity index (χ3v) is 11.3. The molecule has 8 unspecified atom stereocenters. The van der Waals surface area contributed by atoms with Crippen molar-refractivity contribution in [3.05, 3.63) is 0 Å². The molecule has 0 spiro atoms. The Hall–Kier alpha value is 0.0649. The monoisotopic (exact) mass is 398 g/mol. The maximum Gasteiger partial charge on any atom is 0.105 e. The highest BCUT2D eigenvalue weighted by molar-refractivity contribution is 6.11. The lowest BCUT2D eigenvalue weighted by atomic mass is 9.49. The van der Waals surface area contributed by atoms with Gasteiger partial charge >= 0.3 is 0 Å². The molecular formula is C28H51B. The lowest BCUT2D eigenvalue weighted by Crippen LogP contribution is -2.48. The molecule has 8 atom stereocenters. The molecule has 166 valence electrons. The third-order valence-electron chi connectivity index (χ3n) is 11.3. The normalized spacial score (nSPS) is 47.2. The van der Waals surface area contributed by atoms with Gasteiger partial charge in [-0.15, -0.1) is 0 Å². The van der Waals surface area contributed by atoms with Crippen LogP contribution in [0.3, 0.4) is 0 Å². The van der Waals surface area contributed by atoms with Crippen LogP contribution < -0.4 is 0 Å². The first-order valence-electron chi connectivity index (χ1n) is 14.0. The third kappa shape index (κ3) is 3.88. The highest BCUT2D eigenvalue weighted by Gasteiger charge is 2.65. The van der Waals surface area contributed by atoms with E-state index in [0.717, 1.165) is 53.2 Å². The predicted molar refractivity (Wildman–Crippen MR) is 130 cm³/mol. The molecule has 0 aliphatic heterocycles. The molecule has 0 heterocycles. The Morgan fingerprint density at radius 2 is 1.52 bits per heavy atom. The molecule has 0 N–H and O–H groups in total. The van der Waals surface area contributed by atoms with Gasteiger partial charge in [-0.25, -0.2) is 0 Å². The van der Waals surface area contributed by atoms with E-state index in [1.165, 1.54) is 57.8 Å². The minimum absolute atomic E-state index is 0.706. The highest BCUT2D eigenvalue weighted by atomic mass is 14.7. The zero-order valence-corrected chi connectivity index (χ0v) is 20.6. The van der Waals surface area contributed by atoms with Crippen molar-refractivity contribution in [2.75, 3.05) is 0 Å². The number of hydrogen-bond donors (Lipinski definition) is 0. The summed E-state index contributed by atoms with van der Waals surface area (Å²) in [6.07, 6.45) is 21.4. The molecule has 4 saturated carbocycles. The summed E-state index contributed by atoms with van der Waals surface area (Å²) in [6, 6.07) is 0. The van der Waals surface area contributed by atoms with Crippen LogP contribution in [0.1, 0.15) is 118 Å². The summed E-state index contributed by atoms with van der Waals surface area (Å²) < 4.78 is 0. The molecule has 0 aromatic rings. The minimum Gasteiger partial charge on any atom is -0.0664 e. The van der Waals surface area contributed by atoms with E-state index in [9.17, 15) is 0 Å². The predicted octanol–water partition coefficient (Wildman–Crippen LogP) is 7.92. The van der Waals surface area contributed by atoms with Crippen LogP contribution in [0.5, 0.6) is 0 Å². The van der Waals surface area contributed by atoms with Crippen molar-refractivity contribution in [1.29, 1.82) is 0 Å². The fourth-order valence-electron chi connectivity index (χ4n) is 9.75. The average molecular weight is 399 g/mol. The summed E-state index contributed by atoms with van der Waals surface area (Å²) in [5.41, 5.74) is 0.706. The molecule has 29 heavy (non-hydrogen) atoms. The van der Waals surface area contributed by atoms with Crippen LogP contribution in [0.2, 0.25) is 5.82 Å². The molecule has 4 rings (SSSR count). The van der Waals surface area contributed by atoms with E-state index in [1.54, 1.807) is 32.1 Å². The summed E-state index contributed by atoms with van der Waals surface area (Å²) in [5, 5.41) is 0. The number of hydrogen-bond acceptors (Lipinski definition) is 0. The first-order valence-corrected chi connectivity index (χ1v) is 14.0. The van der Waals surface area contributed by atoms with Crippen LogP contribution in [0.15, 0.2) is 0 Å². The molecule has 1 heteroatoms. The Balaban J connectivity index is 1.71. The quantitative estimate of drug-likeness (QED) is 0.399. The molecule has 4 aliphatic carbocycles. The topological polar surface area (TPSA) is 0 Å². The van der Waals surface area contributed by atoms with Crippen molar-refractivity contribution in [2.24, 2.45) is 52.8 Å². The standard InChI is InChI=1S/C28H51B/c1-5-19(2)13-16-21(4)28(22-17-14-20(3)15-18-22)24-10-7-6-9-23(24)27-25(28)11-8-12-26(27)29/h19-27H,5-18,29H2,1-4H3. The van der Waals surface area contributed by atoms with Gasteiger partial charge < -0.3 is 0 Å². The van der Waals surface area contributed by atoms with Crippen molar-refractivity contribution in [2.45, 2.75) is 123 Å². The zero-order chi connectivity index (χ0) is 20.6. The smallest absolute Gasteiger partial charge is 0.0664 e. The second-order valence-corrected chi connectivity index (χ2v) is 12.6. The maximum absolute atomic E-state index is 2.76. The van der Waals surface area contributed by atoms with E-state index in [1.807, 2.05) is 0 Å². The Labute approximate surface area is 184 Å². The van der Waals surface area contributed by atoms with E-state index in [4.69, 9.17) is 0 Å². The molecule has 0 aromatic heterocycles. The van der Waals surface area contributed by atoms with Gasteiger partial charge in [-0.2, -0.15) is 0 Å². The van der Waals surface area contributed by atoms with Gasteiger partial charge in [0.25, 0.3) is 0 Å². The average Bonchev–Trinajstić information content (AvgIpc) is 3.05. The number of fused-ring (bicyclic) bond motifs is 3. The van der Waals surface area contributed by atoms with Crippen LogP contribution in [-0.4, -0.2) is 7.85 Å².